The molecule has 0 aliphatic rings. The average molecular weight is 361 g/mol. The number of hydrogen-bond donors (Lipinski definition) is 2. The first-order chi connectivity index (χ1) is 13.0. The van der Waals surface area contributed by atoms with Gasteiger partial charge < -0.3 is 4.57 Å². The van der Waals surface area contributed by atoms with E-state index in [-0.39, 0.29) is 6.04 Å². The molecular formula is C22H23N3O2. The molecule has 5 nitrogen and oxygen atoms in total. The summed E-state index contributed by atoms with van der Waals surface area (Å²) in [6.45, 7) is 6.27. The van der Waals surface area contributed by atoms with Crippen LogP contribution in [0.2, 0.25) is 0 Å². The largest absolute Gasteiger partial charge is 0.321 e. The molecule has 5 heteroatoms. The molecule has 1 aromatic heterocycles. The molecule has 2 N–H and O–H groups in total. The summed E-state index contributed by atoms with van der Waals surface area (Å²) in [6, 6.07) is 18.3. The number of carbonyl (C=O) groups excluding carboxylic acids is 1. The highest BCUT2D eigenvalue weighted by molar-refractivity contribution is 5.91. The van der Waals surface area contributed by atoms with E-state index in [1.54, 1.807) is 11.6 Å². The summed E-state index contributed by atoms with van der Waals surface area (Å²) in [6.07, 6.45) is 2.94. The van der Waals surface area contributed by atoms with Crippen molar-refractivity contribution in [1.29, 1.82) is 0 Å². The molecule has 0 aliphatic carbocycles. The van der Waals surface area contributed by atoms with Crippen molar-refractivity contribution in [3.63, 3.8) is 0 Å². The summed E-state index contributed by atoms with van der Waals surface area (Å²) in [5.41, 5.74) is 6.76. The van der Waals surface area contributed by atoms with Gasteiger partial charge in [-0.3, -0.25) is 10.0 Å². The Bertz CT molecular complexity index is 974. The van der Waals surface area contributed by atoms with E-state index in [1.807, 2.05) is 49.4 Å². The van der Waals surface area contributed by atoms with Crippen molar-refractivity contribution in [1.82, 2.24) is 15.0 Å². The number of hydrogen-bond acceptors (Lipinski definition) is 3. The molecule has 0 aliphatic heterocycles. The standard InChI is InChI=1S/C22H23N3O2/c1-15-16(2)25(17(3)19-9-5-4-6-10-19)22(23-15)20-11-7-8-18(14-20)12-13-21(26)24-27/h4-14,17,27H,1-3H3,(H,24,26)/b13-12+/t17-/m1/s1. The molecule has 1 amide bonds. The van der Waals surface area contributed by atoms with E-state index in [2.05, 4.69) is 30.5 Å². The van der Waals surface area contributed by atoms with Crippen LogP contribution in [0, 0.1) is 13.8 Å². The van der Waals surface area contributed by atoms with E-state index in [0.29, 0.717) is 0 Å². The van der Waals surface area contributed by atoms with Gasteiger partial charge in [-0.25, -0.2) is 10.5 Å². The molecule has 0 saturated carbocycles. The number of carbonyl (C=O) groups is 1. The first-order valence-corrected chi connectivity index (χ1v) is 8.84. The Morgan fingerprint density at radius 2 is 1.89 bits per heavy atom. The molecule has 0 saturated heterocycles. The lowest BCUT2D eigenvalue weighted by molar-refractivity contribution is -0.124. The van der Waals surface area contributed by atoms with Crippen molar-refractivity contribution in [2.24, 2.45) is 0 Å². The third-order valence-corrected chi connectivity index (χ3v) is 4.74. The molecule has 3 aromatic rings. The number of amides is 1. The molecule has 27 heavy (non-hydrogen) atoms. The molecule has 138 valence electrons. The second kappa shape index (κ2) is 8.01. The molecule has 2 aromatic carbocycles. The Kier molecular flexibility index (Phi) is 5.52. The number of benzene rings is 2. The Hall–Kier alpha value is -3.18. The van der Waals surface area contributed by atoms with Crippen molar-refractivity contribution >= 4 is 12.0 Å². The second-order valence-corrected chi connectivity index (χ2v) is 6.50. The minimum atomic E-state index is -0.564. The number of hydroxylamine groups is 1. The lowest BCUT2D eigenvalue weighted by Gasteiger charge is -2.19. The van der Waals surface area contributed by atoms with Crippen LogP contribution in [0.25, 0.3) is 17.5 Å². The third-order valence-electron chi connectivity index (χ3n) is 4.74. The molecule has 1 heterocycles. The molecule has 3 rings (SSSR count). The van der Waals surface area contributed by atoms with Gasteiger partial charge >= 0.3 is 0 Å². The second-order valence-electron chi connectivity index (χ2n) is 6.50. The Labute approximate surface area is 159 Å². The number of aromatic nitrogens is 2. The molecule has 0 fully saturated rings. The fraction of sp³-hybridized carbons (Fsp3) is 0.182. The van der Waals surface area contributed by atoms with Crippen LogP contribution >= 0.6 is 0 Å². The Morgan fingerprint density at radius 3 is 2.59 bits per heavy atom. The Balaban J connectivity index is 2.04. The van der Waals surface area contributed by atoms with Crippen molar-refractivity contribution < 1.29 is 10.0 Å². The fourth-order valence-corrected chi connectivity index (χ4v) is 3.18. The van der Waals surface area contributed by atoms with Crippen molar-refractivity contribution in [2.75, 3.05) is 0 Å². The van der Waals surface area contributed by atoms with Gasteiger partial charge in [-0.05, 0) is 44.0 Å². The predicted octanol–water partition coefficient (Wildman–Crippen LogP) is 4.29. The maximum Gasteiger partial charge on any atom is 0.267 e. The average Bonchev–Trinajstić information content (AvgIpc) is 3.01. The van der Waals surface area contributed by atoms with Gasteiger partial charge in [0.25, 0.3) is 5.91 Å². The zero-order valence-corrected chi connectivity index (χ0v) is 15.7. The van der Waals surface area contributed by atoms with E-state index in [0.717, 1.165) is 28.3 Å². The number of rotatable bonds is 5. The summed E-state index contributed by atoms with van der Waals surface area (Å²) >= 11 is 0. The highest BCUT2D eigenvalue weighted by atomic mass is 16.5. The lowest BCUT2D eigenvalue weighted by Crippen LogP contribution is -2.14. The van der Waals surface area contributed by atoms with E-state index in [1.165, 1.54) is 11.6 Å². The first-order valence-electron chi connectivity index (χ1n) is 8.84. The smallest absolute Gasteiger partial charge is 0.267 e. The van der Waals surface area contributed by atoms with E-state index in [9.17, 15) is 4.79 Å². The van der Waals surface area contributed by atoms with Gasteiger partial charge in [0.1, 0.15) is 5.82 Å². The molecular weight excluding hydrogens is 338 g/mol. The first kappa shape index (κ1) is 18.6. The topological polar surface area (TPSA) is 67.2 Å². The highest BCUT2D eigenvalue weighted by Gasteiger charge is 2.18. The molecule has 1 atom stereocenters. The minimum Gasteiger partial charge on any atom is -0.321 e. The quantitative estimate of drug-likeness (QED) is 0.405. The summed E-state index contributed by atoms with van der Waals surface area (Å²) in [5.74, 6) is 0.328. The predicted molar refractivity (Wildman–Crippen MR) is 106 cm³/mol. The SMILES string of the molecule is Cc1nc(-c2cccc(/C=C/C(=O)NO)c2)n([C@H](C)c2ccccc2)c1C. The molecule has 0 unspecified atom stereocenters. The summed E-state index contributed by atoms with van der Waals surface area (Å²) in [7, 11) is 0. The van der Waals surface area contributed by atoms with Crippen molar-refractivity contribution in [2.45, 2.75) is 26.8 Å². The lowest BCUT2D eigenvalue weighted by atomic mass is 10.1. The zero-order chi connectivity index (χ0) is 19.4. The summed E-state index contributed by atoms with van der Waals surface area (Å²) < 4.78 is 2.24. The van der Waals surface area contributed by atoms with E-state index >= 15 is 0 Å². The zero-order valence-electron chi connectivity index (χ0n) is 15.7. The molecule has 0 radical (unpaired) electrons. The van der Waals surface area contributed by atoms with Gasteiger partial charge in [0.15, 0.2) is 0 Å². The van der Waals surface area contributed by atoms with Gasteiger partial charge in [-0.1, -0.05) is 48.5 Å². The van der Waals surface area contributed by atoms with Gasteiger partial charge in [0.05, 0.1) is 11.7 Å². The third kappa shape index (κ3) is 3.99. The van der Waals surface area contributed by atoms with E-state index < -0.39 is 5.91 Å². The van der Waals surface area contributed by atoms with Crippen LogP contribution in [0.5, 0.6) is 0 Å². The monoisotopic (exact) mass is 361 g/mol. The van der Waals surface area contributed by atoms with Gasteiger partial charge in [-0.15, -0.1) is 0 Å². The highest BCUT2D eigenvalue weighted by Crippen LogP contribution is 2.30. The number of nitrogens with one attached hydrogen (secondary N) is 1. The van der Waals surface area contributed by atoms with Crippen molar-refractivity contribution in [3.05, 3.63) is 83.2 Å². The molecule has 0 spiro atoms. The van der Waals surface area contributed by atoms with Crippen LogP contribution in [-0.4, -0.2) is 20.7 Å². The van der Waals surface area contributed by atoms with Crippen LogP contribution in [0.1, 0.15) is 35.5 Å². The summed E-state index contributed by atoms with van der Waals surface area (Å²) in [5, 5.41) is 8.62. The fourth-order valence-electron chi connectivity index (χ4n) is 3.18. The maximum absolute atomic E-state index is 11.2. The van der Waals surface area contributed by atoms with Crippen LogP contribution in [0.4, 0.5) is 0 Å². The van der Waals surface area contributed by atoms with Gasteiger partial charge in [0, 0.05) is 17.3 Å². The normalized spacial score (nSPS) is 12.3. The van der Waals surface area contributed by atoms with Gasteiger partial charge in [0.2, 0.25) is 0 Å². The molecule has 0 bridgehead atoms. The summed E-state index contributed by atoms with van der Waals surface area (Å²) in [4.78, 5) is 16.0. The number of aryl methyl sites for hydroxylation is 1. The minimum absolute atomic E-state index is 0.141. The van der Waals surface area contributed by atoms with Crippen molar-refractivity contribution in [3.8, 4) is 11.4 Å². The van der Waals surface area contributed by atoms with Gasteiger partial charge in [-0.2, -0.15) is 0 Å². The number of nitrogens with zero attached hydrogens (tertiary/aromatic N) is 2. The van der Waals surface area contributed by atoms with Crippen LogP contribution < -0.4 is 5.48 Å². The van der Waals surface area contributed by atoms with Crippen LogP contribution in [0.3, 0.4) is 0 Å². The number of imidazole rings is 1. The van der Waals surface area contributed by atoms with Crippen LogP contribution in [0.15, 0.2) is 60.7 Å². The Morgan fingerprint density at radius 1 is 1.15 bits per heavy atom. The maximum atomic E-state index is 11.2. The van der Waals surface area contributed by atoms with Crippen LogP contribution in [-0.2, 0) is 4.79 Å². The van der Waals surface area contributed by atoms with E-state index in [4.69, 9.17) is 10.2 Å².